The van der Waals surface area contributed by atoms with Gasteiger partial charge in [-0.25, -0.2) is 14.8 Å². The number of carbonyl (C=O) groups excluding carboxylic acids is 1. The zero-order chi connectivity index (χ0) is 17.2. The molecule has 0 aromatic carbocycles. The zero-order valence-electron chi connectivity index (χ0n) is 11.7. The fourth-order valence-electron chi connectivity index (χ4n) is 3.25. The number of guanidine groups is 2. The number of amides is 1. The van der Waals surface area contributed by atoms with Crippen molar-refractivity contribution >= 4 is 18.0 Å². The number of nitrogens with two attached hydrogens (primary N) is 3. The van der Waals surface area contributed by atoms with Crippen LogP contribution in [0.15, 0.2) is 9.98 Å². The minimum atomic E-state index is -3.11. The number of hydrogen-bond acceptors (Lipinski definition) is 12. The van der Waals surface area contributed by atoms with Crippen LogP contribution in [0.25, 0.3) is 0 Å². The number of aliphatic imine (C=N–C) groups is 2. The van der Waals surface area contributed by atoms with Gasteiger partial charge in [0.1, 0.15) is 18.7 Å². The molecule has 13 heteroatoms. The Morgan fingerprint density at radius 3 is 2.61 bits per heavy atom. The van der Waals surface area contributed by atoms with Crippen LogP contribution in [0.1, 0.15) is 0 Å². The summed E-state index contributed by atoms with van der Waals surface area (Å²) in [5.74, 6) is -6.49. The van der Waals surface area contributed by atoms with E-state index < -0.39 is 42.0 Å². The van der Waals surface area contributed by atoms with Crippen LogP contribution < -0.4 is 22.5 Å². The minimum Gasteiger partial charge on any atom is -0.447 e. The zero-order valence-corrected chi connectivity index (χ0v) is 11.7. The predicted molar refractivity (Wildman–Crippen MR) is 73.3 cm³/mol. The molecule has 3 unspecified atom stereocenters. The first-order valence-electron chi connectivity index (χ1n) is 6.57. The molecule has 23 heavy (non-hydrogen) atoms. The Labute approximate surface area is 129 Å². The molecule has 1 saturated heterocycles. The lowest BCUT2D eigenvalue weighted by atomic mass is 9.85. The number of carbonyl (C=O) groups is 1. The SMILES string of the molecule is NC(=O)OCC1N=C(N)N2CC(O)(O)C(O)(O)C23NC(N)=NC13. The van der Waals surface area contributed by atoms with Crippen molar-refractivity contribution < 1.29 is 30.0 Å². The van der Waals surface area contributed by atoms with Crippen molar-refractivity contribution in [2.75, 3.05) is 13.2 Å². The van der Waals surface area contributed by atoms with Crippen LogP contribution in [-0.2, 0) is 4.74 Å². The Kier molecular flexibility index (Phi) is 2.94. The highest BCUT2D eigenvalue weighted by Gasteiger charge is 2.78. The van der Waals surface area contributed by atoms with Crippen molar-refractivity contribution in [1.82, 2.24) is 10.2 Å². The van der Waals surface area contributed by atoms with Gasteiger partial charge in [0.05, 0.1) is 6.54 Å². The minimum absolute atomic E-state index is 0.195. The molecule has 13 nitrogen and oxygen atoms in total. The fourth-order valence-corrected chi connectivity index (χ4v) is 3.25. The molecule has 0 bridgehead atoms. The van der Waals surface area contributed by atoms with E-state index >= 15 is 0 Å². The third-order valence-electron chi connectivity index (χ3n) is 4.25. The molecule has 3 aliphatic heterocycles. The van der Waals surface area contributed by atoms with E-state index in [2.05, 4.69) is 20.0 Å². The third-order valence-corrected chi connectivity index (χ3v) is 4.25. The van der Waals surface area contributed by atoms with Crippen molar-refractivity contribution in [2.24, 2.45) is 27.2 Å². The lowest BCUT2D eigenvalue weighted by Gasteiger charge is -2.48. The number of ether oxygens (including phenoxy) is 1. The predicted octanol–water partition coefficient (Wildman–Crippen LogP) is -5.56. The van der Waals surface area contributed by atoms with Crippen molar-refractivity contribution in [3.05, 3.63) is 0 Å². The van der Waals surface area contributed by atoms with E-state index in [-0.39, 0.29) is 18.5 Å². The van der Waals surface area contributed by atoms with Gasteiger partial charge in [-0.2, -0.15) is 0 Å². The lowest BCUT2D eigenvalue weighted by molar-refractivity contribution is -0.357. The molecule has 1 fully saturated rings. The first-order chi connectivity index (χ1) is 10.5. The molecule has 0 aliphatic carbocycles. The van der Waals surface area contributed by atoms with Crippen LogP contribution in [0.5, 0.6) is 0 Å². The Balaban J connectivity index is 2.08. The third kappa shape index (κ3) is 1.78. The first-order valence-corrected chi connectivity index (χ1v) is 6.57. The summed E-state index contributed by atoms with van der Waals surface area (Å²) in [4.78, 5) is 19.9. The molecule has 3 rings (SSSR count). The number of nitrogens with zero attached hydrogens (tertiary/aromatic N) is 3. The summed E-state index contributed by atoms with van der Waals surface area (Å²) in [5.41, 5.74) is 14.3. The Morgan fingerprint density at radius 2 is 2.00 bits per heavy atom. The van der Waals surface area contributed by atoms with Gasteiger partial charge in [0, 0.05) is 0 Å². The summed E-state index contributed by atoms with van der Waals surface area (Å²) >= 11 is 0. The first kappa shape index (κ1) is 15.5. The Hall–Kier alpha value is -2.35. The normalized spacial score (nSPS) is 36.4. The number of primary amides is 1. The maximum absolute atomic E-state index is 10.8. The largest absolute Gasteiger partial charge is 0.447 e. The van der Waals surface area contributed by atoms with Crippen LogP contribution in [0.3, 0.4) is 0 Å². The van der Waals surface area contributed by atoms with Crippen LogP contribution in [0.4, 0.5) is 4.79 Å². The smallest absolute Gasteiger partial charge is 0.404 e. The van der Waals surface area contributed by atoms with E-state index in [9.17, 15) is 25.2 Å². The van der Waals surface area contributed by atoms with E-state index in [1.54, 1.807) is 0 Å². The van der Waals surface area contributed by atoms with Crippen molar-refractivity contribution in [2.45, 2.75) is 29.3 Å². The van der Waals surface area contributed by atoms with Gasteiger partial charge in [-0.3, -0.25) is 0 Å². The maximum Gasteiger partial charge on any atom is 0.404 e. The molecule has 1 spiro atoms. The lowest BCUT2D eigenvalue weighted by Crippen LogP contribution is -2.78. The quantitative estimate of drug-likeness (QED) is 0.224. The van der Waals surface area contributed by atoms with Crippen LogP contribution >= 0.6 is 0 Å². The molecule has 3 aliphatic rings. The van der Waals surface area contributed by atoms with E-state index in [1.165, 1.54) is 0 Å². The van der Waals surface area contributed by atoms with Gasteiger partial charge in [-0.05, 0) is 0 Å². The second kappa shape index (κ2) is 4.35. The number of rotatable bonds is 2. The molecular weight excluding hydrogens is 314 g/mol. The van der Waals surface area contributed by atoms with Crippen LogP contribution in [-0.4, -0.2) is 85.8 Å². The summed E-state index contributed by atoms with van der Waals surface area (Å²) in [6, 6.07) is -2.11. The summed E-state index contributed by atoms with van der Waals surface area (Å²) in [6.45, 7) is -1.03. The number of aliphatic hydroxyl groups is 4. The topological polar surface area (TPSA) is 225 Å². The van der Waals surface area contributed by atoms with Gasteiger partial charge in [0.15, 0.2) is 11.9 Å². The fraction of sp³-hybridized carbons (Fsp3) is 0.700. The Bertz CT molecular complexity index is 619. The van der Waals surface area contributed by atoms with Gasteiger partial charge in [0.2, 0.25) is 11.4 Å². The molecule has 11 N–H and O–H groups in total. The van der Waals surface area contributed by atoms with Gasteiger partial charge in [0.25, 0.3) is 5.79 Å². The van der Waals surface area contributed by atoms with Crippen molar-refractivity contribution in [3.8, 4) is 0 Å². The second-order valence-electron chi connectivity index (χ2n) is 5.61. The second-order valence-corrected chi connectivity index (χ2v) is 5.61. The highest BCUT2D eigenvalue weighted by molar-refractivity contribution is 5.87. The maximum atomic E-state index is 10.8. The summed E-state index contributed by atoms with van der Waals surface area (Å²) in [7, 11) is 0. The molecule has 0 saturated carbocycles. The number of hydrogen-bond donors (Lipinski definition) is 8. The monoisotopic (exact) mass is 331 g/mol. The molecule has 1 amide bonds. The van der Waals surface area contributed by atoms with Gasteiger partial charge in [-0.15, -0.1) is 0 Å². The average molecular weight is 331 g/mol. The highest BCUT2D eigenvalue weighted by atomic mass is 16.6. The van der Waals surface area contributed by atoms with E-state index in [0.717, 1.165) is 4.90 Å². The number of nitrogens with one attached hydrogen (secondary N) is 1. The summed E-state index contributed by atoms with van der Waals surface area (Å²) in [6.07, 6.45) is -1.07. The molecule has 128 valence electrons. The highest BCUT2D eigenvalue weighted by Crippen LogP contribution is 2.47. The molecule has 0 radical (unpaired) electrons. The molecule has 3 heterocycles. The molecule has 3 atom stereocenters. The summed E-state index contributed by atoms with van der Waals surface area (Å²) in [5, 5.41) is 43.2. The van der Waals surface area contributed by atoms with Crippen molar-refractivity contribution in [1.29, 1.82) is 0 Å². The summed E-state index contributed by atoms with van der Waals surface area (Å²) < 4.78 is 4.67. The Morgan fingerprint density at radius 1 is 1.35 bits per heavy atom. The average Bonchev–Trinajstić information content (AvgIpc) is 2.85. The molecule has 0 aromatic rings. The molecular formula is C10H17N7O6. The van der Waals surface area contributed by atoms with E-state index in [1.807, 2.05) is 0 Å². The standard InChI is InChI=1S/C10H17N7O6/c11-5-15-4-3(1-23-7(13)18)14-6(12)17-2-8(19,20)10(21,22)9(4,17)16-5/h3-4,19-22H,1-2H2,(H2,12,14)(H2,13,18)(H3,11,15,16). The van der Waals surface area contributed by atoms with Crippen molar-refractivity contribution in [3.63, 3.8) is 0 Å². The van der Waals surface area contributed by atoms with Crippen LogP contribution in [0.2, 0.25) is 0 Å². The molecule has 0 aromatic heterocycles. The van der Waals surface area contributed by atoms with E-state index in [0.29, 0.717) is 0 Å². The van der Waals surface area contributed by atoms with E-state index in [4.69, 9.17) is 17.2 Å². The van der Waals surface area contributed by atoms with Gasteiger partial charge >= 0.3 is 6.09 Å². The van der Waals surface area contributed by atoms with Gasteiger partial charge in [-0.1, -0.05) is 0 Å². The van der Waals surface area contributed by atoms with Gasteiger partial charge < -0.3 is 52.6 Å². The van der Waals surface area contributed by atoms with Crippen LogP contribution in [0, 0.1) is 0 Å².